The van der Waals surface area contributed by atoms with E-state index < -0.39 is 0 Å². The molecular formula is C15H18N2O. The Morgan fingerprint density at radius 1 is 1.17 bits per heavy atom. The summed E-state index contributed by atoms with van der Waals surface area (Å²) in [5.41, 5.74) is 2.90. The number of anilines is 1. The van der Waals surface area contributed by atoms with Crippen molar-refractivity contribution in [1.82, 2.24) is 4.98 Å². The Bertz CT molecular complexity index is 574. The summed E-state index contributed by atoms with van der Waals surface area (Å²) >= 11 is 0. The molecule has 0 amide bonds. The standard InChI is InChI=1S/C15H18N2O/c1-11-10-13(17-8-3-2-4-9-17)12-6-5-7-14(18)15(12)16-11/h5-7,10,18H,2-4,8-9H2,1H3. The quantitative estimate of drug-likeness (QED) is 0.834. The molecule has 0 spiro atoms. The third-order valence-corrected chi connectivity index (χ3v) is 3.62. The lowest BCUT2D eigenvalue weighted by molar-refractivity contribution is 0.480. The number of para-hydroxylation sites is 1. The summed E-state index contributed by atoms with van der Waals surface area (Å²) in [7, 11) is 0. The zero-order valence-electron chi connectivity index (χ0n) is 10.7. The molecule has 2 heterocycles. The van der Waals surface area contributed by atoms with Gasteiger partial charge >= 0.3 is 0 Å². The van der Waals surface area contributed by atoms with Crippen molar-refractivity contribution in [3.05, 3.63) is 30.0 Å². The second-order valence-corrected chi connectivity index (χ2v) is 5.00. The van der Waals surface area contributed by atoms with E-state index in [-0.39, 0.29) is 5.75 Å². The Morgan fingerprint density at radius 3 is 2.72 bits per heavy atom. The van der Waals surface area contributed by atoms with Crippen molar-refractivity contribution in [2.24, 2.45) is 0 Å². The molecule has 1 fully saturated rings. The highest BCUT2D eigenvalue weighted by atomic mass is 16.3. The van der Waals surface area contributed by atoms with Crippen molar-refractivity contribution in [2.75, 3.05) is 18.0 Å². The molecule has 1 aliphatic rings. The summed E-state index contributed by atoms with van der Waals surface area (Å²) in [5, 5.41) is 11.0. The number of piperidine rings is 1. The van der Waals surface area contributed by atoms with Crippen molar-refractivity contribution in [1.29, 1.82) is 0 Å². The number of rotatable bonds is 1. The van der Waals surface area contributed by atoms with E-state index in [9.17, 15) is 5.11 Å². The Kier molecular flexibility index (Phi) is 2.82. The maximum atomic E-state index is 9.94. The van der Waals surface area contributed by atoms with Gasteiger partial charge in [-0.1, -0.05) is 12.1 Å². The van der Waals surface area contributed by atoms with Crippen molar-refractivity contribution in [3.63, 3.8) is 0 Å². The minimum atomic E-state index is 0.273. The van der Waals surface area contributed by atoms with Crippen LogP contribution in [0.2, 0.25) is 0 Å². The van der Waals surface area contributed by atoms with E-state index in [1.165, 1.54) is 24.9 Å². The van der Waals surface area contributed by atoms with Crippen molar-refractivity contribution >= 4 is 16.6 Å². The average Bonchev–Trinajstić information content (AvgIpc) is 2.40. The molecule has 1 aliphatic heterocycles. The maximum absolute atomic E-state index is 9.94. The van der Waals surface area contributed by atoms with Crippen LogP contribution in [-0.4, -0.2) is 23.2 Å². The second-order valence-electron chi connectivity index (χ2n) is 5.00. The molecule has 1 aromatic heterocycles. The zero-order valence-corrected chi connectivity index (χ0v) is 10.7. The van der Waals surface area contributed by atoms with Gasteiger partial charge in [0, 0.05) is 29.9 Å². The maximum Gasteiger partial charge on any atom is 0.141 e. The normalized spacial score (nSPS) is 16.2. The van der Waals surface area contributed by atoms with Gasteiger partial charge in [-0.05, 0) is 38.3 Å². The highest BCUT2D eigenvalue weighted by Gasteiger charge is 2.15. The van der Waals surface area contributed by atoms with Crippen LogP contribution in [0.25, 0.3) is 10.9 Å². The van der Waals surface area contributed by atoms with Gasteiger partial charge in [0.05, 0.1) is 0 Å². The van der Waals surface area contributed by atoms with Gasteiger partial charge in [-0.3, -0.25) is 0 Å². The molecule has 0 aliphatic carbocycles. The van der Waals surface area contributed by atoms with Gasteiger partial charge in [0.1, 0.15) is 11.3 Å². The van der Waals surface area contributed by atoms with Crippen LogP contribution < -0.4 is 4.90 Å². The van der Waals surface area contributed by atoms with Gasteiger partial charge < -0.3 is 10.0 Å². The molecule has 0 atom stereocenters. The van der Waals surface area contributed by atoms with Gasteiger partial charge in [-0.25, -0.2) is 4.98 Å². The van der Waals surface area contributed by atoms with Crippen LogP contribution in [0.3, 0.4) is 0 Å². The van der Waals surface area contributed by atoms with Crippen molar-refractivity contribution in [2.45, 2.75) is 26.2 Å². The first-order valence-electron chi connectivity index (χ1n) is 6.60. The predicted octanol–water partition coefficient (Wildman–Crippen LogP) is 3.24. The molecule has 18 heavy (non-hydrogen) atoms. The minimum absolute atomic E-state index is 0.273. The molecule has 0 radical (unpaired) electrons. The van der Waals surface area contributed by atoms with Gasteiger partial charge in [-0.15, -0.1) is 0 Å². The van der Waals surface area contributed by atoms with Crippen molar-refractivity contribution < 1.29 is 5.11 Å². The molecule has 1 aromatic carbocycles. The van der Waals surface area contributed by atoms with E-state index in [1.807, 2.05) is 19.1 Å². The summed E-state index contributed by atoms with van der Waals surface area (Å²) in [4.78, 5) is 6.87. The third kappa shape index (κ3) is 1.90. The summed E-state index contributed by atoms with van der Waals surface area (Å²) < 4.78 is 0. The van der Waals surface area contributed by atoms with Crippen LogP contribution in [0.15, 0.2) is 24.3 Å². The number of hydrogen-bond donors (Lipinski definition) is 1. The Labute approximate surface area is 107 Å². The Balaban J connectivity index is 2.18. The van der Waals surface area contributed by atoms with Gasteiger partial charge in [0.2, 0.25) is 0 Å². The predicted molar refractivity (Wildman–Crippen MR) is 74.2 cm³/mol. The monoisotopic (exact) mass is 242 g/mol. The SMILES string of the molecule is Cc1cc(N2CCCCC2)c2cccc(O)c2n1. The summed E-state index contributed by atoms with van der Waals surface area (Å²) in [6, 6.07) is 7.77. The molecule has 0 unspecified atom stereocenters. The average molecular weight is 242 g/mol. The van der Waals surface area contributed by atoms with E-state index >= 15 is 0 Å². The minimum Gasteiger partial charge on any atom is -0.506 e. The van der Waals surface area contributed by atoms with Crippen LogP contribution in [-0.2, 0) is 0 Å². The van der Waals surface area contributed by atoms with E-state index in [1.54, 1.807) is 6.07 Å². The van der Waals surface area contributed by atoms with Crippen LogP contribution in [0, 0.1) is 6.92 Å². The van der Waals surface area contributed by atoms with Gasteiger partial charge in [-0.2, -0.15) is 0 Å². The first-order chi connectivity index (χ1) is 8.75. The Morgan fingerprint density at radius 2 is 1.94 bits per heavy atom. The third-order valence-electron chi connectivity index (χ3n) is 3.62. The highest BCUT2D eigenvalue weighted by Crippen LogP contribution is 2.32. The lowest BCUT2D eigenvalue weighted by Crippen LogP contribution is -2.29. The smallest absolute Gasteiger partial charge is 0.141 e. The zero-order chi connectivity index (χ0) is 12.5. The molecular weight excluding hydrogens is 224 g/mol. The van der Waals surface area contributed by atoms with Crippen LogP contribution in [0.5, 0.6) is 5.75 Å². The lowest BCUT2D eigenvalue weighted by atomic mass is 10.1. The van der Waals surface area contributed by atoms with Gasteiger partial charge in [0.15, 0.2) is 0 Å². The number of phenolic OH excluding ortho intramolecular Hbond substituents is 1. The fourth-order valence-corrected chi connectivity index (χ4v) is 2.74. The first kappa shape index (κ1) is 11.3. The molecule has 0 bridgehead atoms. The van der Waals surface area contributed by atoms with Crippen LogP contribution in [0.4, 0.5) is 5.69 Å². The number of phenols is 1. The molecule has 2 aromatic rings. The van der Waals surface area contributed by atoms with Crippen molar-refractivity contribution in [3.8, 4) is 5.75 Å². The number of hydrogen-bond acceptors (Lipinski definition) is 3. The van der Waals surface area contributed by atoms with E-state index in [2.05, 4.69) is 16.0 Å². The topological polar surface area (TPSA) is 36.4 Å². The number of pyridine rings is 1. The molecule has 94 valence electrons. The summed E-state index contributed by atoms with van der Waals surface area (Å²) in [5.74, 6) is 0.273. The fraction of sp³-hybridized carbons (Fsp3) is 0.400. The van der Waals surface area contributed by atoms with Gasteiger partial charge in [0.25, 0.3) is 0 Å². The number of aromatic hydroxyl groups is 1. The molecule has 3 rings (SSSR count). The van der Waals surface area contributed by atoms with Crippen LogP contribution in [0.1, 0.15) is 25.0 Å². The molecule has 3 heteroatoms. The summed E-state index contributed by atoms with van der Waals surface area (Å²) in [6.07, 6.45) is 3.83. The lowest BCUT2D eigenvalue weighted by Gasteiger charge is -2.30. The number of aryl methyl sites for hydroxylation is 1. The molecule has 1 saturated heterocycles. The number of fused-ring (bicyclic) bond motifs is 1. The largest absolute Gasteiger partial charge is 0.506 e. The number of aromatic nitrogens is 1. The second kappa shape index (κ2) is 4.48. The molecule has 1 N–H and O–H groups in total. The van der Waals surface area contributed by atoms with E-state index in [4.69, 9.17) is 0 Å². The highest BCUT2D eigenvalue weighted by molar-refractivity contribution is 5.95. The number of nitrogens with zero attached hydrogens (tertiary/aromatic N) is 2. The first-order valence-corrected chi connectivity index (χ1v) is 6.60. The van der Waals surface area contributed by atoms with Crippen LogP contribution >= 0.6 is 0 Å². The summed E-state index contributed by atoms with van der Waals surface area (Å²) in [6.45, 7) is 4.20. The molecule has 3 nitrogen and oxygen atoms in total. The molecule has 0 saturated carbocycles. The Hall–Kier alpha value is -1.77. The van der Waals surface area contributed by atoms with E-state index in [0.29, 0.717) is 0 Å². The van der Waals surface area contributed by atoms with E-state index in [0.717, 1.165) is 29.7 Å². The number of benzene rings is 1. The fourth-order valence-electron chi connectivity index (χ4n) is 2.74.